The average molecular weight is 328 g/mol. The van der Waals surface area contributed by atoms with E-state index in [0.717, 1.165) is 10.0 Å². The highest BCUT2D eigenvalue weighted by molar-refractivity contribution is 9.10. The zero-order valence-corrected chi connectivity index (χ0v) is 12.8. The summed E-state index contributed by atoms with van der Waals surface area (Å²) >= 11 is 3.33. The van der Waals surface area contributed by atoms with Crippen LogP contribution in [0, 0.1) is 0 Å². The predicted octanol–water partition coefficient (Wildman–Crippen LogP) is 2.92. The lowest BCUT2D eigenvalue weighted by molar-refractivity contribution is -0.147. The van der Waals surface area contributed by atoms with Gasteiger partial charge < -0.3 is 10.4 Å². The highest BCUT2D eigenvalue weighted by atomic mass is 79.9. The number of carbonyl (C=O) groups excluding carboxylic acids is 1. The van der Waals surface area contributed by atoms with Gasteiger partial charge in [0, 0.05) is 4.47 Å². The van der Waals surface area contributed by atoms with Crippen LogP contribution in [0.15, 0.2) is 28.7 Å². The molecule has 5 heteroatoms. The van der Waals surface area contributed by atoms with Crippen LogP contribution in [-0.2, 0) is 9.59 Å². The number of hydrogen-bond donors (Lipinski definition) is 2. The summed E-state index contributed by atoms with van der Waals surface area (Å²) in [6.45, 7) is 5.01. The van der Waals surface area contributed by atoms with Crippen LogP contribution in [-0.4, -0.2) is 22.5 Å². The molecule has 1 aromatic carbocycles. The Bertz CT molecular complexity index is 472. The quantitative estimate of drug-likeness (QED) is 0.873. The van der Waals surface area contributed by atoms with Crippen LogP contribution in [0.2, 0.25) is 0 Å². The number of halogens is 1. The number of carboxylic acids is 1. The van der Waals surface area contributed by atoms with Crippen LogP contribution in [0.4, 0.5) is 0 Å². The fourth-order valence-electron chi connectivity index (χ4n) is 1.58. The van der Waals surface area contributed by atoms with Gasteiger partial charge in [0.05, 0.1) is 5.92 Å². The Morgan fingerprint density at radius 2 is 1.89 bits per heavy atom. The van der Waals surface area contributed by atoms with Gasteiger partial charge in [-0.3, -0.25) is 4.79 Å². The second-order valence-corrected chi connectivity index (χ2v) is 5.67. The van der Waals surface area contributed by atoms with E-state index in [4.69, 9.17) is 5.11 Å². The van der Waals surface area contributed by atoms with E-state index in [1.54, 1.807) is 13.8 Å². The van der Waals surface area contributed by atoms with Gasteiger partial charge in [0.15, 0.2) is 0 Å². The summed E-state index contributed by atoms with van der Waals surface area (Å²) in [5, 5.41) is 11.8. The van der Waals surface area contributed by atoms with Crippen LogP contribution in [0.5, 0.6) is 0 Å². The molecule has 0 aliphatic heterocycles. The van der Waals surface area contributed by atoms with E-state index in [2.05, 4.69) is 21.2 Å². The second kappa shape index (κ2) is 6.19. The number of carbonyl (C=O) groups is 2. The third kappa shape index (κ3) is 3.80. The highest BCUT2D eigenvalue weighted by Crippen LogP contribution is 2.20. The zero-order chi connectivity index (χ0) is 14.6. The standard InChI is InChI=1S/C14H18BrNO3/c1-4-14(3,13(18)19)16-12(17)9(2)10-5-7-11(15)8-6-10/h5-9H,4H2,1-3H3,(H,16,17)(H,18,19). The van der Waals surface area contributed by atoms with Crippen LogP contribution in [0.3, 0.4) is 0 Å². The Morgan fingerprint density at radius 1 is 1.37 bits per heavy atom. The van der Waals surface area contributed by atoms with Gasteiger partial charge in [0.1, 0.15) is 5.54 Å². The van der Waals surface area contributed by atoms with Gasteiger partial charge in [-0.15, -0.1) is 0 Å². The molecular weight excluding hydrogens is 310 g/mol. The fraction of sp³-hybridized carbons (Fsp3) is 0.429. The summed E-state index contributed by atoms with van der Waals surface area (Å²) in [6.07, 6.45) is 0.334. The Morgan fingerprint density at radius 3 is 2.32 bits per heavy atom. The minimum atomic E-state index is -1.22. The monoisotopic (exact) mass is 327 g/mol. The first kappa shape index (κ1) is 15.7. The molecule has 1 amide bonds. The number of rotatable bonds is 5. The molecule has 1 aromatic rings. The maximum Gasteiger partial charge on any atom is 0.329 e. The Balaban J connectivity index is 2.83. The molecule has 0 radical (unpaired) electrons. The summed E-state index contributed by atoms with van der Waals surface area (Å²) < 4.78 is 0.938. The molecule has 0 saturated carbocycles. The van der Waals surface area contributed by atoms with E-state index >= 15 is 0 Å². The van der Waals surface area contributed by atoms with Crippen molar-refractivity contribution in [1.82, 2.24) is 5.32 Å². The zero-order valence-electron chi connectivity index (χ0n) is 11.2. The van der Waals surface area contributed by atoms with E-state index in [9.17, 15) is 9.59 Å². The van der Waals surface area contributed by atoms with E-state index in [-0.39, 0.29) is 5.91 Å². The molecule has 4 nitrogen and oxygen atoms in total. The number of hydrogen-bond acceptors (Lipinski definition) is 2. The molecule has 0 aliphatic carbocycles. The lowest BCUT2D eigenvalue weighted by Crippen LogP contribution is -2.52. The Hall–Kier alpha value is -1.36. The van der Waals surface area contributed by atoms with Crippen molar-refractivity contribution < 1.29 is 14.7 Å². The summed E-state index contributed by atoms with van der Waals surface area (Å²) in [5.41, 5.74) is -0.370. The minimum absolute atomic E-state index is 0.283. The Labute approximate surface area is 121 Å². The van der Waals surface area contributed by atoms with E-state index < -0.39 is 17.4 Å². The van der Waals surface area contributed by atoms with Crippen molar-refractivity contribution in [3.63, 3.8) is 0 Å². The van der Waals surface area contributed by atoms with E-state index in [0.29, 0.717) is 6.42 Å². The summed E-state index contributed by atoms with van der Waals surface area (Å²) in [6, 6.07) is 7.40. The van der Waals surface area contributed by atoms with Crippen molar-refractivity contribution in [2.24, 2.45) is 0 Å². The normalized spacial score (nSPS) is 15.4. The molecule has 0 aliphatic rings. The van der Waals surface area contributed by atoms with Crippen molar-refractivity contribution in [2.45, 2.75) is 38.6 Å². The number of nitrogens with one attached hydrogen (secondary N) is 1. The molecular formula is C14H18BrNO3. The first-order valence-electron chi connectivity index (χ1n) is 6.11. The van der Waals surface area contributed by atoms with Crippen LogP contribution >= 0.6 is 15.9 Å². The molecule has 0 aromatic heterocycles. The van der Waals surface area contributed by atoms with Crippen molar-refractivity contribution in [3.05, 3.63) is 34.3 Å². The van der Waals surface area contributed by atoms with E-state index in [1.807, 2.05) is 24.3 Å². The average Bonchev–Trinajstić information content (AvgIpc) is 2.38. The van der Waals surface area contributed by atoms with Crippen LogP contribution in [0.25, 0.3) is 0 Å². The molecule has 2 unspecified atom stereocenters. The molecule has 1 rings (SSSR count). The number of carboxylic acid groups (broad SMARTS) is 1. The number of benzene rings is 1. The summed E-state index contributed by atoms with van der Waals surface area (Å²) in [7, 11) is 0. The molecule has 19 heavy (non-hydrogen) atoms. The Kier molecular flexibility index (Phi) is 5.11. The molecule has 0 saturated heterocycles. The molecule has 0 spiro atoms. The van der Waals surface area contributed by atoms with Crippen molar-refractivity contribution in [1.29, 1.82) is 0 Å². The summed E-state index contributed by atoms with van der Waals surface area (Å²) in [5.74, 6) is -1.70. The molecule has 0 fully saturated rings. The molecule has 2 N–H and O–H groups in total. The lowest BCUT2D eigenvalue weighted by Gasteiger charge is -2.26. The first-order chi connectivity index (χ1) is 8.80. The molecule has 2 atom stereocenters. The van der Waals surface area contributed by atoms with Gasteiger partial charge in [-0.25, -0.2) is 4.79 Å². The van der Waals surface area contributed by atoms with E-state index in [1.165, 1.54) is 6.92 Å². The minimum Gasteiger partial charge on any atom is -0.480 e. The SMILES string of the molecule is CCC(C)(NC(=O)C(C)c1ccc(Br)cc1)C(=O)O. The van der Waals surface area contributed by atoms with Crippen molar-refractivity contribution in [3.8, 4) is 0 Å². The molecule has 104 valence electrons. The number of aliphatic carboxylic acids is 1. The van der Waals surface area contributed by atoms with Crippen LogP contribution in [0.1, 0.15) is 38.7 Å². The van der Waals surface area contributed by atoms with Gasteiger partial charge in [-0.1, -0.05) is 35.0 Å². The predicted molar refractivity (Wildman–Crippen MR) is 77.0 cm³/mol. The van der Waals surface area contributed by atoms with Gasteiger partial charge in [0.2, 0.25) is 5.91 Å². The smallest absolute Gasteiger partial charge is 0.329 e. The summed E-state index contributed by atoms with van der Waals surface area (Å²) in [4.78, 5) is 23.3. The van der Waals surface area contributed by atoms with Gasteiger partial charge in [-0.2, -0.15) is 0 Å². The van der Waals surface area contributed by atoms with Crippen molar-refractivity contribution >= 4 is 27.8 Å². The maximum atomic E-state index is 12.1. The number of amides is 1. The van der Waals surface area contributed by atoms with Crippen molar-refractivity contribution in [2.75, 3.05) is 0 Å². The largest absolute Gasteiger partial charge is 0.480 e. The lowest BCUT2D eigenvalue weighted by atomic mass is 9.95. The van der Waals surface area contributed by atoms with Gasteiger partial charge in [-0.05, 0) is 38.0 Å². The second-order valence-electron chi connectivity index (χ2n) is 4.75. The topological polar surface area (TPSA) is 66.4 Å². The molecule has 0 heterocycles. The highest BCUT2D eigenvalue weighted by Gasteiger charge is 2.34. The third-order valence-corrected chi connectivity index (χ3v) is 3.87. The van der Waals surface area contributed by atoms with Gasteiger partial charge >= 0.3 is 5.97 Å². The maximum absolute atomic E-state index is 12.1. The molecule has 0 bridgehead atoms. The first-order valence-corrected chi connectivity index (χ1v) is 6.90. The third-order valence-electron chi connectivity index (χ3n) is 3.34. The fourth-order valence-corrected chi connectivity index (χ4v) is 1.84. The van der Waals surface area contributed by atoms with Gasteiger partial charge in [0.25, 0.3) is 0 Å². The van der Waals surface area contributed by atoms with Crippen LogP contribution < -0.4 is 5.32 Å².